The summed E-state index contributed by atoms with van der Waals surface area (Å²) in [4.78, 5) is 14.2. The maximum absolute atomic E-state index is 11.8. The van der Waals surface area contributed by atoms with E-state index < -0.39 is 0 Å². The maximum atomic E-state index is 11.8. The molecule has 1 aliphatic rings. The molecule has 0 radical (unpaired) electrons. The zero-order valence-corrected chi connectivity index (χ0v) is 12.0. The molecule has 0 atom stereocenters. The Morgan fingerprint density at radius 3 is 2.53 bits per heavy atom. The second-order valence-corrected chi connectivity index (χ2v) is 5.50. The van der Waals surface area contributed by atoms with Crippen LogP contribution in [0.5, 0.6) is 0 Å². The summed E-state index contributed by atoms with van der Waals surface area (Å²) in [6.07, 6.45) is 5.47. The molecule has 2 rings (SSSR count). The standard InChI is InChI=1S/C15H21ClN2O/c16-13-6-8-14(9-7-13)17-15(19)5-4-12-18-10-2-1-3-11-18/h6-9H,1-5,10-12H2,(H,17,19). The number of amides is 1. The molecule has 0 unspecified atom stereocenters. The van der Waals surface area contributed by atoms with Gasteiger partial charge in [0.1, 0.15) is 0 Å². The molecular formula is C15H21ClN2O. The Morgan fingerprint density at radius 2 is 1.84 bits per heavy atom. The molecule has 1 heterocycles. The summed E-state index contributed by atoms with van der Waals surface area (Å²) in [5.41, 5.74) is 0.812. The fourth-order valence-electron chi connectivity index (χ4n) is 2.40. The van der Waals surface area contributed by atoms with Gasteiger partial charge in [-0.25, -0.2) is 0 Å². The second kappa shape index (κ2) is 7.51. The van der Waals surface area contributed by atoms with E-state index in [2.05, 4.69) is 10.2 Å². The maximum Gasteiger partial charge on any atom is 0.224 e. The summed E-state index contributed by atoms with van der Waals surface area (Å²) in [5.74, 6) is 0.0827. The Labute approximate surface area is 119 Å². The summed E-state index contributed by atoms with van der Waals surface area (Å²) < 4.78 is 0. The lowest BCUT2D eigenvalue weighted by atomic mass is 10.1. The lowest BCUT2D eigenvalue weighted by Crippen LogP contribution is -2.31. The van der Waals surface area contributed by atoms with Crippen molar-refractivity contribution in [3.63, 3.8) is 0 Å². The molecule has 1 amide bonds. The van der Waals surface area contributed by atoms with Gasteiger partial charge < -0.3 is 10.2 Å². The molecule has 1 fully saturated rings. The van der Waals surface area contributed by atoms with Gasteiger partial charge in [0, 0.05) is 17.1 Å². The number of hydrogen-bond donors (Lipinski definition) is 1. The Morgan fingerprint density at radius 1 is 1.16 bits per heavy atom. The van der Waals surface area contributed by atoms with Gasteiger partial charge in [-0.1, -0.05) is 18.0 Å². The molecule has 19 heavy (non-hydrogen) atoms. The number of halogens is 1. The van der Waals surface area contributed by atoms with Crippen LogP contribution in [0, 0.1) is 0 Å². The number of carbonyl (C=O) groups excluding carboxylic acids is 1. The minimum Gasteiger partial charge on any atom is -0.326 e. The summed E-state index contributed by atoms with van der Waals surface area (Å²) in [6.45, 7) is 3.42. The lowest BCUT2D eigenvalue weighted by Gasteiger charge is -2.26. The first kappa shape index (κ1) is 14.4. The van der Waals surface area contributed by atoms with E-state index in [1.165, 1.54) is 32.4 Å². The molecule has 0 spiro atoms. The molecule has 0 aromatic heterocycles. The Bertz CT molecular complexity index is 399. The SMILES string of the molecule is O=C(CCCN1CCCCC1)Nc1ccc(Cl)cc1. The van der Waals surface area contributed by atoms with Gasteiger partial charge in [0.2, 0.25) is 5.91 Å². The van der Waals surface area contributed by atoms with Crippen LogP contribution in [0.25, 0.3) is 0 Å². The zero-order valence-electron chi connectivity index (χ0n) is 11.2. The fourth-order valence-corrected chi connectivity index (χ4v) is 2.53. The fraction of sp³-hybridized carbons (Fsp3) is 0.533. The highest BCUT2D eigenvalue weighted by Crippen LogP contribution is 2.14. The Kier molecular flexibility index (Phi) is 5.67. The average Bonchev–Trinajstić information content (AvgIpc) is 2.43. The topological polar surface area (TPSA) is 32.3 Å². The van der Waals surface area contributed by atoms with E-state index in [9.17, 15) is 4.79 Å². The Balaban J connectivity index is 1.65. The molecule has 3 nitrogen and oxygen atoms in total. The number of piperidine rings is 1. The van der Waals surface area contributed by atoms with Crippen molar-refractivity contribution in [1.29, 1.82) is 0 Å². The third kappa shape index (κ3) is 5.21. The third-order valence-electron chi connectivity index (χ3n) is 3.45. The van der Waals surface area contributed by atoms with Gasteiger partial charge in [-0.05, 0) is 63.2 Å². The predicted molar refractivity (Wildman–Crippen MR) is 79.6 cm³/mol. The lowest BCUT2D eigenvalue weighted by molar-refractivity contribution is -0.116. The van der Waals surface area contributed by atoms with Crippen LogP contribution in [0.4, 0.5) is 5.69 Å². The minimum atomic E-state index is 0.0827. The molecule has 4 heteroatoms. The monoisotopic (exact) mass is 280 g/mol. The highest BCUT2D eigenvalue weighted by atomic mass is 35.5. The molecule has 104 valence electrons. The first-order chi connectivity index (χ1) is 9.24. The van der Waals surface area contributed by atoms with Gasteiger partial charge >= 0.3 is 0 Å². The summed E-state index contributed by atoms with van der Waals surface area (Å²) in [6, 6.07) is 7.21. The molecule has 1 saturated heterocycles. The molecular weight excluding hydrogens is 260 g/mol. The van der Waals surface area contributed by atoms with Gasteiger partial charge in [-0.2, -0.15) is 0 Å². The van der Waals surface area contributed by atoms with Crippen molar-refractivity contribution in [3.05, 3.63) is 29.3 Å². The smallest absolute Gasteiger partial charge is 0.224 e. The van der Waals surface area contributed by atoms with Crippen LogP contribution in [0.2, 0.25) is 5.02 Å². The van der Waals surface area contributed by atoms with Crippen molar-refractivity contribution in [2.45, 2.75) is 32.1 Å². The van der Waals surface area contributed by atoms with Gasteiger partial charge in [-0.3, -0.25) is 4.79 Å². The summed E-state index contributed by atoms with van der Waals surface area (Å²) in [7, 11) is 0. The van der Waals surface area contributed by atoms with Crippen molar-refractivity contribution in [2.24, 2.45) is 0 Å². The van der Waals surface area contributed by atoms with E-state index in [0.29, 0.717) is 11.4 Å². The highest BCUT2D eigenvalue weighted by Gasteiger charge is 2.10. The minimum absolute atomic E-state index is 0.0827. The van der Waals surface area contributed by atoms with E-state index in [-0.39, 0.29) is 5.91 Å². The highest BCUT2D eigenvalue weighted by molar-refractivity contribution is 6.30. The van der Waals surface area contributed by atoms with Crippen molar-refractivity contribution >= 4 is 23.2 Å². The number of benzene rings is 1. The predicted octanol–water partition coefficient (Wildman–Crippen LogP) is 3.54. The van der Waals surface area contributed by atoms with Crippen molar-refractivity contribution < 1.29 is 4.79 Å². The number of nitrogens with zero attached hydrogens (tertiary/aromatic N) is 1. The van der Waals surface area contributed by atoms with Crippen LogP contribution in [-0.4, -0.2) is 30.4 Å². The van der Waals surface area contributed by atoms with E-state index in [1.807, 2.05) is 12.1 Å². The van der Waals surface area contributed by atoms with Crippen molar-refractivity contribution in [1.82, 2.24) is 4.90 Å². The number of carbonyl (C=O) groups is 1. The van der Waals surface area contributed by atoms with Gasteiger partial charge in [0.15, 0.2) is 0 Å². The summed E-state index contributed by atoms with van der Waals surface area (Å²) in [5, 5.41) is 3.57. The van der Waals surface area contributed by atoms with E-state index in [1.54, 1.807) is 12.1 Å². The second-order valence-electron chi connectivity index (χ2n) is 5.06. The first-order valence-electron chi connectivity index (χ1n) is 7.02. The van der Waals surface area contributed by atoms with Crippen LogP contribution in [0.3, 0.4) is 0 Å². The molecule has 1 N–H and O–H groups in total. The van der Waals surface area contributed by atoms with Crippen LogP contribution in [0.1, 0.15) is 32.1 Å². The molecule has 1 aromatic rings. The largest absolute Gasteiger partial charge is 0.326 e. The number of hydrogen-bond acceptors (Lipinski definition) is 2. The molecule has 0 saturated carbocycles. The average molecular weight is 281 g/mol. The Hall–Kier alpha value is -1.06. The molecule has 1 aliphatic heterocycles. The van der Waals surface area contributed by atoms with E-state index in [0.717, 1.165) is 18.7 Å². The molecule has 0 aliphatic carbocycles. The number of anilines is 1. The van der Waals surface area contributed by atoms with Gasteiger partial charge in [-0.15, -0.1) is 0 Å². The van der Waals surface area contributed by atoms with Crippen LogP contribution in [0.15, 0.2) is 24.3 Å². The van der Waals surface area contributed by atoms with Crippen molar-refractivity contribution in [3.8, 4) is 0 Å². The van der Waals surface area contributed by atoms with Gasteiger partial charge in [0.05, 0.1) is 0 Å². The number of rotatable bonds is 5. The van der Waals surface area contributed by atoms with Crippen LogP contribution in [-0.2, 0) is 4.79 Å². The normalized spacial score (nSPS) is 16.3. The third-order valence-corrected chi connectivity index (χ3v) is 3.71. The van der Waals surface area contributed by atoms with E-state index >= 15 is 0 Å². The quantitative estimate of drug-likeness (QED) is 0.895. The summed E-state index contributed by atoms with van der Waals surface area (Å²) >= 11 is 5.80. The van der Waals surface area contributed by atoms with Crippen molar-refractivity contribution in [2.75, 3.05) is 25.0 Å². The zero-order chi connectivity index (χ0) is 13.5. The molecule has 1 aromatic carbocycles. The first-order valence-corrected chi connectivity index (χ1v) is 7.39. The van der Waals surface area contributed by atoms with E-state index in [4.69, 9.17) is 11.6 Å². The van der Waals surface area contributed by atoms with Crippen LogP contribution >= 0.6 is 11.6 Å². The van der Waals surface area contributed by atoms with Crippen LogP contribution < -0.4 is 5.32 Å². The number of nitrogens with one attached hydrogen (secondary N) is 1. The number of likely N-dealkylation sites (tertiary alicyclic amines) is 1. The molecule has 0 bridgehead atoms. The van der Waals surface area contributed by atoms with Gasteiger partial charge in [0.25, 0.3) is 0 Å².